The number of aliphatic hydroxyl groups excluding tert-OH is 5. The second-order valence-electron chi connectivity index (χ2n) is 16.3. The number of aromatic nitrogens is 12. The Balaban J connectivity index is 0.850. The van der Waals surface area contributed by atoms with E-state index >= 15 is 0 Å². The number of hydrogen-bond acceptors (Lipinski definition) is 29. The highest BCUT2D eigenvalue weighted by Crippen LogP contribution is 2.71. The standard InChI is InChI=1S/C31H41N15O23P4S/c1-43-8-46(24-14(43)26(53)42-31(34)40-24)28-18(50)16(48)10(65-28)3-62-71(56,57)68-72(58,59)69-73(60,74)63-4-11-20(19(51)29(66-11)44-6-37-12-21(32)35-5-36-22(12)44)67-70(54,55)61-2-9-15(47)17(49)27(64-9)45-7-38-13-23(45)39-30(33)41-25(13)52/h5-11,15-20,27-29,47-51H,2-4H2,1H3,(H11-,32,33,34,35,36,39,40,41,42,52,53,54,55,56,57,58,59,60,74)/p+1/t9-,10-,11-,15?,16?,17+,18+,19+,20?,27-,28-,29-,73+/m1/s1. The maximum Gasteiger partial charge on any atom is 0.488 e. The molecule has 3 aliphatic rings. The first-order valence-electron chi connectivity index (χ1n) is 20.8. The minimum atomic E-state index is -6.05. The molecule has 0 radical (unpaired) electrons. The molecule has 0 aromatic carbocycles. The lowest BCUT2D eigenvalue weighted by Crippen LogP contribution is -2.36. The Hall–Kier alpha value is -4.76. The number of anilines is 3. The fourth-order valence-corrected chi connectivity index (χ4v) is 13.6. The summed E-state index contributed by atoms with van der Waals surface area (Å²) in [5.74, 6) is -0.734. The van der Waals surface area contributed by atoms with Crippen molar-refractivity contribution in [3.63, 3.8) is 0 Å². The molecular formula is C31H42N15O23P4S+. The molecule has 0 amide bonds. The molecule has 16 atom stereocenters. The van der Waals surface area contributed by atoms with Crippen molar-refractivity contribution in [1.29, 1.82) is 0 Å². The highest BCUT2D eigenvalue weighted by atomic mass is 32.7. The van der Waals surface area contributed by atoms with Gasteiger partial charge in [-0.2, -0.15) is 23.2 Å². The summed E-state index contributed by atoms with van der Waals surface area (Å²) in [5, 5.41) is 54.6. The first kappa shape index (κ1) is 54.0. The number of thiol groups is 1. The second kappa shape index (κ2) is 20.0. The lowest BCUT2D eigenvalue weighted by molar-refractivity contribution is -0.646. The van der Waals surface area contributed by atoms with Gasteiger partial charge >= 0.3 is 35.8 Å². The van der Waals surface area contributed by atoms with Crippen molar-refractivity contribution < 1.29 is 104 Å². The van der Waals surface area contributed by atoms with Crippen LogP contribution in [0.25, 0.3) is 33.5 Å². The predicted molar refractivity (Wildman–Crippen MR) is 241 cm³/mol. The summed E-state index contributed by atoms with van der Waals surface area (Å²) in [6, 6.07) is 0. The van der Waals surface area contributed by atoms with E-state index < -0.39 is 135 Å². The molecule has 43 heteroatoms. The summed E-state index contributed by atoms with van der Waals surface area (Å²) in [4.78, 5) is 84.8. The monoisotopic (exact) mass is 1150 g/mol. The molecular weight excluding hydrogens is 1110 g/mol. The molecule has 6 unspecified atom stereocenters. The van der Waals surface area contributed by atoms with Gasteiger partial charge in [-0.3, -0.25) is 46.8 Å². The molecule has 0 bridgehead atoms. The number of fused-ring (bicyclic) bond motifs is 3. The minimum Gasteiger partial charge on any atom is -0.387 e. The summed E-state index contributed by atoms with van der Waals surface area (Å²) in [6.45, 7) is -8.60. The van der Waals surface area contributed by atoms with Crippen molar-refractivity contribution in [2.45, 2.75) is 73.6 Å². The van der Waals surface area contributed by atoms with Crippen molar-refractivity contribution in [2.75, 3.05) is 37.0 Å². The average molecular weight is 1150 g/mol. The SMILES string of the molecule is C[n+]1cn([C@@H]2O[C@H](COP(=O)(O)OP(=O)(O)O[P@@](=O)(S)OC[C@H]3O[C@@H](n4cnc5c(N)ncnc54)[C@@H](O)C3OP(=O)(O)OC[C@H]3O[C@@H](n4cnc5c(=O)[nH]c(N)nc54)[C@@H](O)C3O)C(O)[C@@H]2O)c2nc(N)[nH]c(=O)c21. The third-order valence-corrected chi connectivity index (χ3v) is 17.5. The number of imidazole rings is 3. The number of aryl methyl sites for hydroxylation is 1. The number of aromatic amines is 2. The Bertz CT molecular complexity index is 3450. The van der Waals surface area contributed by atoms with E-state index in [1.165, 1.54) is 17.9 Å². The Labute approximate surface area is 414 Å². The molecule has 3 fully saturated rings. The van der Waals surface area contributed by atoms with Crippen LogP contribution < -0.4 is 32.9 Å². The molecule has 0 aliphatic carbocycles. The van der Waals surface area contributed by atoms with Crippen LogP contribution in [0, 0.1) is 0 Å². The van der Waals surface area contributed by atoms with Gasteiger partial charge in [-0.05, 0) is 0 Å². The lowest BCUT2D eigenvalue weighted by Gasteiger charge is -2.25. The molecule has 6 aromatic heterocycles. The Kier molecular flexibility index (Phi) is 14.6. The molecule has 0 spiro atoms. The van der Waals surface area contributed by atoms with Crippen LogP contribution in [0.3, 0.4) is 0 Å². The molecule has 404 valence electrons. The summed E-state index contributed by atoms with van der Waals surface area (Å²) in [7, 11) is -15.8. The van der Waals surface area contributed by atoms with Gasteiger partial charge in [-0.15, -0.1) is 0 Å². The summed E-state index contributed by atoms with van der Waals surface area (Å²) in [5.41, 5.74) is 15.3. The smallest absolute Gasteiger partial charge is 0.387 e. The third-order valence-electron chi connectivity index (χ3n) is 11.3. The van der Waals surface area contributed by atoms with Gasteiger partial charge in [0.05, 0.1) is 39.5 Å². The number of aliphatic hydroxyl groups is 5. The topological polar surface area (TPSA) is 553 Å². The largest absolute Gasteiger partial charge is 0.488 e. The van der Waals surface area contributed by atoms with E-state index in [9.17, 15) is 68.1 Å². The van der Waals surface area contributed by atoms with Gasteiger partial charge in [0.1, 0.15) is 66.8 Å². The number of hydrogen-bond donors (Lipinski definition) is 14. The normalized spacial score (nSPS) is 30.7. The van der Waals surface area contributed by atoms with E-state index in [1.807, 2.05) is 0 Å². The minimum absolute atomic E-state index is 0.00936. The number of ether oxygens (including phenoxy) is 3. The lowest BCUT2D eigenvalue weighted by atomic mass is 10.1. The van der Waals surface area contributed by atoms with E-state index in [0.717, 1.165) is 32.7 Å². The summed E-state index contributed by atoms with van der Waals surface area (Å²) in [6.07, 6.45) is -16.7. The number of phosphoric ester groups is 2. The second-order valence-corrected chi connectivity index (χ2v) is 23.8. The molecule has 9 heterocycles. The number of H-pyrrole nitrogens is 2. The zero-order valence-corrected chi connectivity index (χ0v) is 41.5. The number of nitrogen functional groups attached to an aromatic ring is 3. The van der Waals surface area contributed by atoms with Gasteiger partial charge in [-0.1, -0.05) is 12.2 Å². The average Bonchev–Trinajstić information content (AvgIpc) is 4.15. The zero-order chi connectivity index (χ0) is 53.6. The van der Waals surface area contributed by atoms with Crippen molar-refractivity contribution in [3.05, 3.63) is 46.0 Å². The molecule has 0 saturated carbocycles. The van der Waals surface area contributed by atoms with Crippen LogP contribution in [0.15, 0.2) is 34.9 Å². The van der Waals surface area contributed by atoms with Gasteiger partial charge in [0.15, 0.2) is 35.1 Å². The van der Waals surface area contributed by atoms with E-state index in [4.69, 9.17) is 49.5 Å². The van der Waals surface area contributed by atoms with Crippen molar-refractivity contribution >= 4 is 93.7 Å². The van der Waals surface area contributed by atoms with E-state index in [-0.39, 0.29) is 51.2 Å². The van der Waals surface area contributed by atoms with Crippen LogP contribution in [0.1, 0.15) is 18.7 Å². The maximum absolute atomic E-state index is 13.5. The van der Waals surface area contributed by atoms with Crippen molar-refractivity contribution in [3.8, 4) is 0 Å². The quantitative estimate of drug-likeness (QED) is 0.0219. The molecule has 9 rings (SSSR count). The zero-order valence-electron chi connectivity index (χ0n) is 37.0. The van der Waals surface area contributed by atoms with E-state index in [2.05, 4.69) is 60.7 Å². The number of nitrogens with two attached hydrogens (primary N) is 3. The summed E-state index contributed by atoms with van der Waals surface area (Å²) >= 11 is 3.61. The first-order valence-corrected chi connectivity index (χ1v) is 27.9. The van der Waals surface area contributed by atoms with Crippen LogP contribution in [0.2, 0.25) is 0 Å². The highest BCUT2D eigenvalue weighted by Gasteiger charge is 2.53. The number of phosphoric acid groups is 3. The fourth-order valence-electron chi connectivity index (χ4n) is 8.06. The predicted octanol–water partition coefficient (Wildman–Crippen LogP) is -4.43. The Morgan fingerprint density at radius 1 is 0.649 bits per heavy atom. The molecule has 6 aromatic rings. The first-order chi connectivity index (χ1) is 34.6. The van der Waals surface area contributed by atoms with Gasteiger partial charge < -0.3 is 71.6 Å². The maximum atomic E-state index is 13.5. The summed E-state index contributed by atoms with van der Waals surface area (Å²) < 4.78 is 103. The van der Waals surface area contributed by atoms with Crippen LogP contribution in [-0.2, 0) is 66.2 Å². The molecule has 16 N–H and O–H groups in total. The van der Waals surface area contributed by atoms with Gasteiger partial charge in [0, 0.05) is 0 Å². The van der Waals surface area contributed by atoms with E-state index in [0.29, 0.717) is 0 Å². The van der Waals surface area contributed by atoms with Crippen LogP contribution in [0.5, 0.6) is 0 Å². The molecule has 38 nitrogen and oxygen atoms in total. The Morgan fingerprint density at radius 3 is 1.82 bits per heavy atom. The fraction of sp³-hybridized carbons (Fsp3) is 0.516. The van der Waals surface area contributed by atoms with Crippen LogP contribution >= 0.6 is 42.5 Å². The molecule has 74 heavy (non-hydrogen) atoms. The molecule has 3 aliphatic heterocycles. The van der Waals surface area contributed by atoms with Crippen molar-refractivity contribution in [1.82, 2.24) is 53.6 Å². The van der Waals surface area contributed by atoms with Crippen LogP contribution in [0.4, 0.5) is 17.7 Å². The molecule has 3 saturated heterocycles. The number of nitrogens with one attached hydrogen (secondary N) is 2. The number of nitrogens with zero attached hydrogens (tertiary/aromatic N) is 10. The highest BCUT2D eigenvalue weighted by molar-refractivity contribution is 8.45. The van der Waals surface area contributed by atoms with Gasteiger partial charge in [0.25, 0.3) is 16.7 Å². The van der Waals surface area contributed by atoms with E-state index in [1.54, 1.807) is 0 Å². The Morgan fingerprint density at radius 2 is 1.18 bits per heavy atom. The van der Waals surface area contributed by atoms with Gasteiger partial charge in [-0.25, -0.2) is 42.8 Å². The van der Waals surface area contributed by atoms with Gasteiger partial charge in [0.2, 0.25) is 24.5 Å². The van der Waals surface area contributed by atoms with Crippen molar-refractivity contribution in [2.24, 2.45) is 7.05 Å². The number of rotatable bonds is 18. The van der Waals surface area contributed by atoms with Crippen LogP contribution in [-0.4, -0.2) is 169 Å². The third kappa shape index (κ3) is 10.7.